The number of carbonyl (C=O) groups is 1. The van der Waals surface area contributed by atoms with E-state index >= 15 is 0 Å². The van der Waals surface area contributed by atoms with Crippen molar-refractivity contribution in [3.8, 4) is 0 Å². The van der Waals surface area contributed by atoms with Crippen LogP contribution in [0.25, 0.3) is 0 Å². The van der Waals surface area contributed by atoms with E-state index in [1.807, 2.05) is 6.07 Å². The maximum absolute atomic E-state index is 12.5. The first-order chi connectivity index (χ1) is 8.59. The van der Waals surface area contributed by atoms with Crippen molar-refractivity contribution < 1.29 is 9.00 Å². The maximum Gasteiger partial charge on any atom is 0.285 e. The molecule has 0 bridgehead atoms. The summed E-state index contributed by atoms with van der Waals surface area (Å²) in [6.07, 6.45) is 6.90. The fourth-order valence-electron chi connectivity index (χ4n) is 2.38. The van der Waals surface area contributed by atoms with Crippen LogP contribution in [-0.4, -0.2) is 21.6 Å². The van der Waals surface area contributed by atoms with Gasteiger partial charge in [-0.25, -0.2) is 4.21 Å². The number of hydrogen-bond donors (Lipinski definition) is 0. The predicted molar refractivity (Wildman–Crippen MR) is 74.1 cm³/mol. The van der Waals surface area contributed by atoms with Crippen LogP contribution in [0, 0.1) is 0 Å². The van der Waals surface area contributed by atoms with E-state index in [2.05, 4.69) is 4.36 Å². The Bertz CT molecular complexity index is 524. The molecule has 18 heavy (non-hydrogen) atoms. The molecule has 1 amide bonds. The molecule has 1 atom stereocenters. The fourth-order valence-corrected chi connectivity index (χ4v) is 4.17. The third-order valence-electron chi connectivity index (χ3n) is 3.46. The molecule has 1 unspecified atom stereocenters. The zero-order valence-electron chi connectivity index (χ0n) is 10.7. The smallest absolute Gasteiger partial charge is 0.266 e. The quantitative estimate of drug-likeness (QED) is 0.824. The first-order valence-corrected chi connectivity index (χ1v) is 8.38. The second-order valence-corrected chi connectivity index (χ2v) is 7.46. The topological polar surface area (TPSA) is 46.5 Å². The summed E-state index contributed by atoms with van der Waals surface area (Å²) in [4.78, 5) is 12.0. The van der Waals surface area contributed by atoms with E-state index in [-0.39, 0.29) is 11.2 Å². The Kier molecular flexibility index (Phi) is 4.17. The molecule has 1 aliphatic carbocycles. The van der Waals surface area contributed by atoms with E-state index in [1.165, 1.54) is 6.42 Å². The Morgan fingerprint density at radius 2 is 1.78 bits per heavy atom. The average molecular weight is 265 g/mol. The summed E-state index contributed by atoms with van der Waals surface area (Å²) < 4.78 is 16.5. The lowest BCUT2D eigenvalue weighted by atomic mass is 10.0. The normalized spacial score (nSPS) is 20.1. The van der Waals surface area contributed by atoms with Crippen LogP contribution in [-0.2, 0) is 9.73 Å². The van der Waals surface area contributed by atoms with Gasteiger partial charge in [0, 0.05) is 17.1 Å². The van der Waals surface area contributed by atoms with Crippen molar-refractivity contribution in [2.45, 2.75) is 37.4 Å². The molecule has 0 spiro atoms. The van der Waals surface area contributed by atoms with Gasteiger partial charge >= 0.3 is 0 Å². The van der Waals surface area contributed by atoms with Crippen molar-refractivity contribution in [1.82, 2.24) is 0 Å². The third-order valence-corrected chi connectivity index (χ3v) is 5.69. The number of amides is 1. The van der Waals surface area contributed by atoms with Crippen LogP contribution in [0.5, 0.6) is 0 Å². The van der Waals surface area contributed by atoms with E-state index < -0.39 is 9.73 Å². The molecule has 98 valence electrons. The SMILES string of the molecule is CS(=O)(=NC(=O)c1ccccc1)C1CCCCC1. The first-order valence-electron chi connectivity index (χ1n) is 6.40. The molecule has 1 aromatic carbocycles. The van der Waals surface area contributed by atoms with Crippen LogP contribution >= 0.6 is 0 Å². The molecule has 0 radical (unpaired) electrons. The van der Waals surface area contributed by atoms with Crippen molar-refractivity contribution >= 4 is 15.6 Å². The van der Waals surface area contributed by atoms with E-state index in [4.69, 9.17) is 0 Å². The largest absolute Gasteiger partial charge is 0.285 e. The van der Waals surface area contributed by atoms with Gasteiger partial charge in [0.1, 0.15) is 0 Å². The molecule has 3 nitrogen and oxygen atoms in total. The number of carbonyl (C=O) groups excluding carboxylic acids is 1. The lowest BCUT2D eigenvalue weighted by Crippen LogP contribution is -2.23. The minimum absolute atomic E-state index is 0.0823. The summed E-state index contributed by atoms with van der Waals surface area (Å²) in [5.41, 5.74) is 0.517. The molecule has 4 heteroatoms. The van der Waals surface area contributed by atoms with Crippen LogP contribution < -0.4 is 0 Å². The van der Waals surface area contributed by atoms with Gasteiger partial charge in [-0.3, -0.25) is 4.79 Å². The van der Waals surface area contributed by atoms with Crippen molar-refractivity contribution in [3.05, 3.63) is 35.9 Å². The Hall–Kier alpha value is -1.16. The molecule has 0 N–H and O–H groups in total. The van der Waals surface area contributed by atoms with Gasteiger partial charge in [-0.1, -0.05) is 37.5 Å². The van der Waals surface area contributed by atoms with Crippen molar-refractivity contribution in [2.24, 2.45) is 4.36 Å². The van der Waals surface area contributed by atoms with Crippen LogP contribution in [0.1, 0.15) is 42.5 Å². The molecular weight excluding hydrogens is 246 g/mol. The number of rotatable bonds is 2. The van der Waals surface area contributed by atoms with Gasteiger partial charge in [0.2, 0.25) is 0 Å². The summed E-state index contributed by atoms with van der Waals surface area (Å²) in [6.45, 7) is 0. The van der Waals surface area contributed by atoms with Crippen LogP contribution in [0.4, 0.5) is 0 Å². The highest BCUT2D eigenvalue weighted by Gasteiger charge is 2.23. The second kappa shape index (κ2) is 5.65. The maximum atomic E-state index is 12.5. The van der Waals surface area contributed by atoms with Crippen molar-refractivity contribution in [3.63, 3.8) is 0 Å². The summed E-state index contributed by atoms with van der Waals surface area (Å²) in [6, 6.07) is 8.85. The Morgan fingerprint density at radius 3 is 2.39 bits per heavy atom. The Labute approximate surface area is 109 Å². The molecule has 1 fully saturated rings. The van der Waals surface area contributed by atoms with E-state index in [9.17, 15) is 9.00 Å². The summed E-state index contributed by atoms with van der Waals surface area (Å²) >= 11 is 0. The molecule has 1 aliphatic rings. The fraction of sp³-hybridized carbons (Fsp3) is 0.500. The molecular formula is C14H19NO2S. The van der Waals surface area contributed by atoms with Gasteiger partial charge in [-0.05, 0) is 25.0 Å². The Balaban J connectivity index is 2.21. The standard InChI is InChI=1S/C14H19NO2S/c1-18(17,13-10-6-3-7-11-13)15-14(16)12-8-4-2-5-9-12/h2,4-5,8-9,13H,3,6-7,10-11H2,1H3. The van der Waals surface area contributed by atoms with Crippen LogP contribution in [0.15, 0.2) is 34.7 Å². The Morgan fingerprint density at radius 1 is 1.17 bits per heavy atom. The zero-order chi connectivity index (χ0) is 13.0. The highest BCUT2D eigenvalue weighted by Crippen LogP contribution is 2.24. The van der Waals surface area contributed by atoms with Crippen molar-refractivity contribution in [2.75, 3.05) is 6.26 Å². The highest BCUT2D eigenvalue weighted by molar-refractivity contribution is 7.93. The van der Waals surface area contributed by atoms with Crippen LogP contribution in [0.3, 0.4) is 0 Å². The number of hydrogen-bond acceptors (Lipinski definition) is 2. The molecule has 0 aliphatic heterocycles. The van der Waals surface area contributed by atoms with Gasteiger partial charge in [0.15, 0.2) is 0 Å². The van der Waals surface area contributed by atoms with Gasteiger partial charge in [-0.2, -0.15) is 4.36 Å². The van der Waals surface area contributed by atoms with Gasteiger partial charge in [0.05, 0.1) is 9.73 Å². The molecule has 1 saturated carbocycles. The monoisotopic (exact) mass is 265 g/mol. The summed E-state index contributed by atoms with van der Waals surface area (Å²) in [5, 5.41) is 0.0823. The molecule has 0 aromatic heterocycles. The van der Waals surface area contributed by atoms with E-state index in [0.29, 0.717) is 5.56 Å². The van der Waals surface area contributed by atoms with Gasteiger partial charge in [0.25, 0.3) is 5.91 Å². The number of benzene rings is 1. The highest BCUT2D eigenvalue weighted by atomic mass is 32.2. The predicted octanol–water partition coefficient (Wildman–Crippen LogP) is 3.26. The van der Waals surface area contributed by atoms with Gasteiger partial charge < -0.3 is 0 Å². The van der Waals surface area contributed by atoms with Crippen LogP contribution in [0.2, 0.25) is 0 Å². The minimum atomic E-state index is -2.41. The lowest BCUT2D eigenvalue weighted by molar-refractivity contribution is 0.100. The molecule has 0 saturated heterocycles. The molecule has 2 rings (SSSR count). The second-order valence-electron chi connectivity index (χ2n) is 4.88. The minimum Gasteiger partial charge on any atom is -0.266 e. The molecule has 0 heterocycles. The first kappa shape index (κ1) is 13.3. The molecule has 1 aromatic rings. The van der Waals surface area contributed by atoms with E-state index in [0.717, 1.165) is 25.7 Å². The van der Waals surface area contributed by atoms with Gasteiger partial charge in [-0.15, -0.1) is 0 Å². The summed E-state index contributed by atoms with van der Waals surface area (Å²) in [7, 11) is -2.41. The van der Waals surface area contributed by atoms with E-state index in [1.54, 1.807) is 30.5 Å². The summed E-state index contributed by atoms with van der Waals surface area (Å²) in [5.74, 6) is -0.353. The zero-order valence-corrected chi connectivity index (χ0v) is 11.5. The van der Waals surface area contributed by atoms with Crippen molar-refractivity contribution in [1.29, 1.82) is 0 Å². The number of nitrogens with zero attached hydrogens (tertiary/aromatic N) is 1. The lowest BCUT2D eigenvalue weighted by Gasteiger charge is -2.22. The average Bonchev–Trinajstić information content (AvgIpc) is 2.40. The third kappa shape index (κ3) is 3.19.